The van der Waals surface area contributed by atoms with Gasteiger partial charge in [0.1, 0.15) is 5.69 Å². The van der Waals surface area contributed by atoms with Crippen LogP contribution in [0, 0.1) is 13.8 Å². The standard InChI is InChI=1S/C16H15N3O4S/c1-10-16(11(2)23-18-10)24(21,22)19-15(20)6-4-12-3-5-14-13(9-12)7-8-17-14/h3-9,17H,1-2H3,(H,19,20)/b6-4+. The van der Waals surface area contributed by atoms with Gasteiger partial charge in [0, 0.05) is 17.8 Å². The lowest BCUT2D eigenvalue weighted by atomic mass is 10.1. The second-order valence-corrected chi connectivity index (χ2v) is 6.90. The number of H-pyrrole nitrogens is 1. The molecule has 2 N–H and O–H groups in total. The number of aryl methyl sites for hydroxylation is 2. The second-order valence-electron chi connectivity index (χ2n) is 5.28. The first-order valence-corrected chi connectivity index (χ1v) is 8.60. The highest BCUT2D eigenvalue weighted by Gasteiger charge is 2.25. The van der Waals surface area contributed by atoms with Crippen molar-refractivity contribution in [2.75, 3.05) is 0 Å². The molecule has 1 amide bonds. The lowest BCUT2D eigenvalue weighted by Crippen LogP contribution is -2.29. The van der Waals surface area contributed by atoms with Crippen LogP contribution in [0.15, 0.2) is 46.0 Å². The van der Waals surface area contributed by atoms with E-state index < -0.39 is 15.9 Å². The number of rotatable bonds is 4. The molecule has 0 aliphatic carbocycles. The van der Waals surface area contributed by atoms with Gasteiger partial charge in [0.25, 0.3) is 15.9 Å². The Morgan fingerprint density at radius 3 is 2.79 bits per heavy atom. The number of aromatic amines is 1. The Kier molecular flexibility index (Phi) is 3.98. The lowest BCUT2D eigenvalue weighted by molar-refractivity contribution is -0.114. The summed E-state index contributed by atoms with van der Waals surface area (Å²) in [5.41, 5.74) is 1.97. The van der Waals surface area contributed by atoms with E-state index in [-0.39, 0.29) is 16.3 Å². The van der Waals surface area contributed by atoms with Crippen molar-refractivity contribution in [2.45, 2.75) is 18.7 Å². The fourth-order valence-electron chi connectivity index (χ4n) is 2.42. The van der Waals surface area contributed by atoms with E-state index in [2.05, 4.69) is 10.1 Å². The van der Waals surface area contributed by atoms with Gasteiger partial charge in [-0.15, -0.1) is 0 Å². The summed E-state index contributed by atoms with van der Waals surface area (Å²) in [6.07, 6.45) is 4.54. The molecule has 0 saturated carbocycles. The Bertz CT molecular complexity index is 1020. The van der Waals surface area contributed by atoms with E-state index in [1.807, 2.05) is 35.2 Å². The Morgan fingerprint density at radius 1 is 1.29 bits per heavy atom. The van der Waals surface area contributed by atoms with Crippen LogP contribution in [0.1, 0.15) is 17.0 Å². The Morgan fingerprint density at radius 2 is 2.08 bits per heavy atom. The van der Waals surface area contributed by atoms with Crippen LogP contribution in [0.5, 0.6) is 0 Å². The second kappa shape index (κ2) is 5.97. The zero-order valence-corrected chi connectivity index (χ0v) is 13.8. The molecule has 0 atom stereocenters. The summed E-state index contributed by atoms with van der Waals surface area (Å²) < 4.78 is 31.3. The number of hydrogen-bond donors (Lipinski definition) is 2. The van der Waals surface area contributed by atoms with Crippen LogP contribution in [0.25, 0.3) is 17.0 Å². The summed E-state index contributed by atoms with van der Waals surface area (Å²) in [5.74, 6) is -0.612. The minimum absolute atomic E-state index is 0.113. The highest BCUT2D eigenvalue weighted by Crippen LogP contribution is 2.18. The van der Waals surface area contributed by atoms with Crippen LogP contribution in [0.3, 0.4) is 0 Å². The van der Waals surface area contributed by atoms with Gasteiger partial charge < -0.3 is 9.51 Å². The molecule has 24 heavy (non-hydrogen) atoms. The number of carbonyl (C=O) groups excluding carboxylic acids is 1. The van der Waals surface area contributed by atoms with Gasteiger partial charge in [0.2, 0.25) is 0 Å². The van der Waals surface area contributed by atoms with Gasteiger partial charge >= 0.3 is 0 Å². The van der Waals surface area contributed by atoms with E-state index >= 15 is 0 Å². The summed E-state index contributed by atoms with van der Waals surface area (Å²) in [7, 11) is -4.02. The molecule has 0 spiro atoms. The Labute approximate surface area is 138 Å². The summed E-state index contributed by atoms with van der Waals surface area (Å²) in [5, 5.41) is 4.58. The number of fused-ring (bicyclic) bond motifs is 1. The average molecular weight is 345 g/mol. The lowest BCUT2D eigenvalue weighted by Gasteiger charge is -2.03. The van der Waals surface area contributed by atoms with Crippen LogP contribution in [0.4, 0.5) is 0 Å². The minimum Gasteiger partial charge on any atom is -0.361 e. The molecule has 2 aromatic heterocycles. The molecule has 0 radical (unpaired) electrons. The van der Waals surface area contributed by atoms with E-state index in [1.54, 1.807) is 6.08 Å². The predicted molar refractivity (Wildman–Crippen MR) is 88.6 cm³/mol. The molecule has 0 bridgehead atoms. The number of hydrogen-bond acceptors (Lipinski definition) is 5. The number of benzene rings is 1. The maximum atomic E-state index is 12.2. The monoisotopic (exact) mass is 345 g/mol. The maximum Gasteiger partial charge on any atom is 0.269 e. The van der Waals surface area contributed by atoms with Crippen LogP contribution in [-0.2, 0) is 14.8 Å². The third kappa shape index (κ3) is 3.09. The van der Waals surface area contributed by atoms with Gasteiger partial charge in [-0.05, 0) is 49.1 Å². The molecule has 0 aliphatic rings. The number of sulfonamides is 1. The summed E-state index contributed by atoms with van der Waals surface area (Å²) >= 11 is 0. The van der Waals surface area contributed by atoms with Crippen LogP contribution < -0.4 is 4.72 Å². The molecule has 7 nitrogen and oxygen atoms in total. The third-order valence-corrected chi connectivity index (χ3v) is 5.07. The van der Waals surface area contributed by atoms with Crippen LogP contribution >= 0.6 is 0 Å². The van der Waals surface area contributed by atoms with Crippen LogP contribution in [0.2, 0.25) is 0 Å². The molecule has 0 saturated heterocycles. The van der Waals surface area contributed by atoms with E-state index in [4.69, 9.17) is 4.52 Å². The normalized spacial score (nSPS) is 12.1. The zero-order chi connectivity index (χ0) is 17.3. The smallest absolute Gasteiger partial charge is 0.269 e. The first-order valence-electron chi connectivity index (χ1n) is 7.12. The molecule has 8 heteroatoms. The highest BCUT2D eigenvalue weighted by atomic mass is 32.2. The van der Waals surface area contributed by atoms with Crippen molar-refractivity contribution in [1.29, 1.82) is 0 Å². The van der Waals surface area contributed by atoms with Gasteiger partial charge in [-0.3, -0.25) is 4.79 Å². The summed E-state index contributed by atoms with van der Waals surface area (Å²) in [4.78, 5) is 14.9. The molecule has 0 fully saturated rings. The maximum absolute atomic E-state index is 12.2. The van der Waals surface area contributed by atoms with Crippen molar-refractivity contribution < 1.29 is 17.7 Å². The Hall–Kier alpha value is -2.87. The minimum atomic E-state index is -4.02. The van der Waals surface area contributed by atoms with Gasteiger partial charge in [0.05, 0.1) is 0 Å². The first kappa shape index (κ1) is 16.0. The molecule has 3 rings (SSSR count). The van der Waals surface area contributed by atoms with Gasteiger partial charge in [-0.2, -0.15) is 0 Å². The number of nitrogens with one attached hydrogen (secondary N) is 2. The molecular weight excluding hydrogens is 330 g/mol. The van der Waals surface area contributed by atoms with Crippen molar-refractivity contribution >= 4 is 32.9 Å². The molecule has 3 aromatic rings. The average Bonchev–Trinajstić information content (AvgIpc) is 3.10. The number of nitrogens with zero attached hydrogens (tertiary/aromatic N) is 1. The van der Waals surface area contributed by atoms with Crippen molar-refractivity contribution in [2.24, 2.45) is 0 Å². The molecule has 0 aliphatic heterocycles. The molecule has 1 aromatic carbocycles. The molecule has 2 heterocycles. The van der Waals surface area contributed by atoms with Gasteiger partial charge in [-0.25, -0.2) is 13.1 Å². The topological polar surface area (TPSA) is 105 Å². The van der Waals surface area contributed by atoms with Gasteiger partial charge in [0.15, 0.2) is 10.7 Å². The summed E-state index contributed by atoms with van der Waals surface area (Å²) in [6.45, 7) is 2.97. The van der Waals surface area contributed by atoms with Crippen molar-refractivity contribution in [3.8, 4) is 0 Å². The van der Waals surface area contributed by atoms with Crippen molar-refractivity contribution in [3.63, 3.8) is 0 Å². The third-order valence-electron chi connectivity index (χ3n) is 3.48. The highest BCUT2D eigenvalue weighted by molar-refractivity contribution is 7.90. The molecule has 0 unspecified atom stereocenters. The number of carbonyl (C=O) groups is 1. The number of amides is 1. The first-order chi connectivity index (χ1) is 11.4. The fraction of sp³-hybridized carbons (Fsp3) is 0.125. The number of aromatic nitrogens is 2. The van der Waals surface area contributed by atoms with Gasteiger partial charge in [-0.1, -0.05) is 11.2 Å². The SMILES string of the molecule is Cc1noc(C)c1S(=O)(=O)NC(=O)/C=C/c1ccc2[nH]ccc2c1. The van der Waals surface area contributed by atoms with Crippen LogP contribution in [-0.4, -0.2) is 24.5 Å². The van der Waals surface area contributed by atoms with E-state index in [9.17, 15) is 13.2 Å². The van der Waals surface area contributed by atoms with E-state index in [0.717, 1.165) is 16.5 Å². The van der Waals surface area contributed by atoms with E-state index in [1.165, 1.54) is 19.9 Å². The largest absolute Gasteiger partial charge is 0.361 e. The fourth-order valence-corrected chi connectivity index (χ4v) is 3.70. The van der Waals surface area contributed by atoms with E-state index in [0.29, 0.717) is 0 Å². The quantitative estimate of drug-likeness (QED) is 0.706. The zero-order valence-electron chi connectivity index (χ0n) is 13.0. The van der Waals surface area contributed by atoms with Crippen molar-refractivity contribution in [1.82, 2.24) is 14.9 Å². The Balaban J connectivity index is 1.77. The van der Waals surface area contributed by atoms with Crippen molar-refractivity contribution in [3.05, 3.63) is 53.6 Å². The predicted octanol–water partition coefficient (Wildman–Crippen LogP) is 2.29. The molecule has 124 valence electrons. The summed E-state index contributed by atoms with van der Waals surface area (Å²) in [6, 6.07) is 7.51. The molecular formula is C16H15N3O4S.